The minimum absolute atomic E-state index is 0. The normalized spacial score (nSPS) is 21.1. The van der Waals surface area contributed by atoms with Gasteiger partial charge in [0, 0.05) is 49.1 Å². The van der Waals surface area contributed by atoms with E-state index in [2.05, 4.69) is 37.2 Å². The quantitative estimate of drug-likeness (QED) is 0.888. The molecule has 2 fully saturated rings. The van der Waals surface area contributed by atoms with Crippen molar-refractivity contribution in [2.24, 2.45) is 5.92 Å². The molecule has 108 valence electrons. The highest BCUT2D eigenvalue weighted by molar-refractivity contribution is 9.10. The standard InChI is InChI=1S/C13H18BrN3.2ClH/c14-12-7-11(8-16-9-12)13(10-1-2-10)17-5-3-15-4-6-17;;/h7-10,13,15H,1-6H2;2*1H/t13-;;/m0../s1. The summed E-state index contributed by atoms with van der Waals surface area (Å²) in [6.07, 6.45) is 6.66. The van der Waals surface area contributed by atoms with Gasteiger partial charge in [-0.2, -0.15) is 0 Å². The smallest absolute Gasteiger partial charge is 0.0410 e. The van der Waals surface area contributed by atoms with Crippen molar-refractivity contribution in [1.29, 1.82) is 0 Å². The number of rotatable bonds is 3. The first-order valence-corrected chi connectivity index (χ1v) is 7.19. The highest BCUT2D eigenvalue weighted by atomic mass is 79.9. The molecule has 0 amide bonds. The van der Waals surface area contributed by atoms with Crippen LogP contribution >= 0.6 is 40.7 Å². The molecule has 0 unspecified atom stereocenters. The van der Waals surface area contributed by atoms with Gasteiger partial charge in [0.15, 0.2) is 0 Å². The van der Waals surface area contributed by atoms with Gasteiger partial charge in [0.25, 0.3) is 0 Å². The van der Waals surface area contributed by atoms with Crippen LogP contribution in [0.15, 0.2) is 22.9 Å². The number of hydrogen-bond donors (Lipinski definition) is 1. The maximum absolute atomic E-state index is 4.32. The monoisotopic (exact) mass is 367 g/mol. The van der Waals surface area contributed by atoms with Gasteiger partial charge in [0.1, 0.15) is 0 Å². The van der Waals surface area contributed by atoms with Crippen LogP contribution in [0.1, 0.15) is 24.4 Å². The summed E-state index contributed by atoms with van der Waals surface area (Å²) in [4.78, 5) is 6.94. The van der Waals surface area contributed by atoms with Gasteiger partial charge in [0.05, 0.1) is 0 Å². The zero-order valence-corrected chi connectivity index (χ0v) is 13.9. The Balaban J connectivity index is 0.000000902. The molecule has 0 spiro atoms. The fraction of sp³-hybridized carbons (Fsp3) is 0.615. The number of piperazine rings is 1. The summed E-state index contributed by atoms with van der Waals surface area (Å²) in [6, 6.07) is 2.82. The molecule has 0 radical (unpaired) electrons. The molecule has 2 heterocycles. The zero-order valence-electron chi connectivity index (χ0n) is 10.7. The predicted molar refractivity (Wildman–Crippen MR) is 86.3 cm³/mol. The van der Waals surface area contributed by atoms with Crippen LogP contribution in [0.3, 0.4) is 0 Å². The van der Waals surface area contributed by atoms with Crippen LogP contribution in [-0.2, 0) is 0 Å². The Morgan fingerprint density at radius 1 is 1.21 bits per heavy atom. The molecule has 3 rings (SSSR count). The lowest BCUT2D eigenvalue weighted by atomic mass is 10.0. The number of pyridine rings is 1. The second-order valence-electron chi connectivity index (χ2n) is 5.00. The number of nitrogens with one attached hydrogen (secondary N) is 1. The first-order valence-electron chi connectivity index (χ1n) is 6.40. The predicted octanol–water partition coefficient (Wildman–Crippen LogP) is 3.04. The van der Waals surface area contributed by atoms with E-state index in [4.69, 9.17) is 0 Å². The van der Waals surface area contributed by atoms with Crippen LogP contribution in [0.5, 0.6) is 0 Å². The van der Waals surface area contributed by atoms with Crippen molar-refractivity contribution in [3.8, 4) is 0 Å². The molecular formula is C13H20BrCl2N3. The Labute approximate surface area is 135 Å². The fourth-order valence-electron chi connectivity index (χ4n) is 2.74. The first-order chi connectivity index (χ1) is 8.34. The Bertz CT molecular complexity index is 395. The van der Waals surface area contributed by atoms with E-state index in [9.17, 15) is 0 Å². The molecule has 1 aromatic rings. The van der Waals surface area contributed by atoms with Gasteiger partial charge in [-0.1, -0.05) is 0 Å². The summed E-state index contributed by atoms with van der Waals surface area (Å²) in [6.45, 7) is 4.55. The second-order valence-corrected chi connectivity index (χ2v) is 5.92. The number of aromatic nitrogens is 1. The van der Waals surface area contributed by atoms with Gasteiger partial charge in [-0.25, -0.2) is 0 Å². The third kappa shape index (κ3) is 4.30. The highest BCUT2D eigenvalue weighted by Gasteiger charge is 2.36. The largest absolute Gasteiger partial charge is 0.314 e. The van der Waals surface area contributed by atoms with E-state index in [1.807, 2.05) is 12.4 Å². The highest BCUT2D eigenvalue weighted by Crippen LogP contribution is 2.44. The van der Waals surface area contributed by atoms with Crippen molar-refractivity contribution in [1.82, 2.24) is 15.2 Å². The van der Waals surface area contributed by atoms with Gasteiger partial charge in [-0.3, -0.25) is 9.88 Å². The van der Waals surface area contributed by atoms with Gasteiger partial charge in [-0.05, 0) is 46.3 Å². The lowest BCUT2D eigenvalue weighted by molar-refractivity contribution is 0.156. The van der Waals surface area contributed by atoms with E-state index >= 15 is 0 Å². The van der Waals surface area contributed by atoms with E-state index in [1.54, 1.807) is 0 Å². The Kier molecular flexibility index (Phi) is 7.05. The molecule has 0 aromatic carbocycles. The van der Waals surface area contributed by atoms with E-state index in [0.717, 1.165) is 36.6 Å². The van der Waals surface area contributed by atoms with Crippen LogP contribution in [0.4, 0.5) is 0 Å². The summed E-state index contributed by atoms with van der Waals surface area (Å²) < 4.78 is 1.09. The van der Waals surface area contributed by atoms with Crippen molar-refractivity contribution in [3.05, 3.63) is 28.5 Å². The van der Waals surface area contributed by atoms with Crippen LogP contribution in [0, 0.1) is 5.92 Å². The molecule has 19 heavy (non-hydrogen) atoms. The molecule has 1 aliphatic carbocycles. The number of halogens is 3. The lowest BCUT2D eigenvalue weighted by Crippen LogP contribution is -2.45. The fourth-order valence-corrected chi connectivity index (χ4v) is 3.13. The molecule has 6 heteroatoms. The van der Waals surface area contributed by atoms with E-state index in [1.165, 1.54) is 18.4 Å². The average molecular weight is 369 g/mol. The first kappa shape index (κ1) is 17.2. The molecular weight excluding hydrogens is 349 g/mol. The van der Waals surface area contributed by atoms with Crippen LogP contribution < -0.4 is 5.32 Å². The molecule has 0 bridgehead atoms. The molecule has 1 saturated heterocycles. The van der Waals surface area contributed by atoms with Crippen molar-refractivity contribution < 1.29 is 0 Å². The Hall–Kier alpha value is 0.130. The van der Waals surface area contributed by atoms with Crippen molar-refractivity contribution >= 4 is 40.7 Å². The van der Waals surface area contributed by atoms with Crippen molar-refractivity contribution in [2.45, 2.75) is 18.9 Å². The molecule has 1 N–H and O–H groups in total. The third-order valence-corrected chi connectivity index (χ3v) is 4.11. The molecule has 1 aromatic heterocycles. The number of nitrogens with zero attached hydrogens (tertiary/aromatic N) is 2. The average Bonchev–Trinajstić information content (AvgIpc) is 3.15. The lowest BCUT2D eigenvalue weighted by Gasteiger charge is -2.35. The van der Waals surface area contributed by atoms with Gasteiger partial charge in [0.2, 0.25) is 0 Å². The van der Waals surface area contributed by atoms with Gasteiger partial charge < -0.3 is 5.32 Å². The van der Waals surface area contributed by atoms with Crippen molar-refractivity contribution in [2.75, 3.05) is 26.2 Å². The Morgan fingerprint density at radius 3 is 2.47 bits per heavy atom. The summed E-state index contributed by atoms with van der Waals surface area (Å²) in [5.74, 6) is 0.851. The summed E-state index contributed by atoms with van der Waals surface area (Å²) >= 11 is 3.53. The maximum atomic E-state index is 4.32. The van der Waals surface area contributed by atoms with E-state index < -0.39 is 0 Å². The summed E-state index contributed by atoms with van der Waals surface area (Å²) in [5, 5.41) is 3.43. The molecule has 1 saturated carbocycles. The van der Waals surface area contributed by atoms with Crippen LogP contribution in [0.2, 0.25) is 0 Å². The SMILES string of the molecule is Brc1cncc([C@H](C2CC2)N2CCNCC2)c1.Cl.Cl. The maximum Gasteiger partial charge on any atom is 0.0410 e. The van der Waals surface area contributed by atoms with E-state index in [-0.39, 0.29) is 24.8 Å². The summed E-state index contributed by atoms with van der Waals surface area (Å²) in [5.41, 5.74) is 1.38. The zero-order chi connectivity index (χ0) is 11.7. The minimum atomic E-state index is 0. The molecule has 1 aliphatic heterocycles. The molecule has 2 aliphatic rings. The minimum Gasteiger partial charge on any atom is -0.314 e. The topological polar surface area (TPSA) is 28.2 Å². The van der Waals surface area contributed by atoms with Crippen LogP contribution in [-0.4, -0.2) is 36.1 Å². The summed E-state index contributed by atoms with van der Waals surface area (Å²) in [7, 11) is 0. The second kappa shape index (κ2) is 7.79. The molecule has 3 nitrogen and oxygen atoms in total. The van der Waals surface area contributed by atoms with E-state index in [0.29, 0.717) is 6.04 Å². The number of hydrogen-bond acceptors (Lipinski definition) is 3. The van der Waals surface area contributed by atoms with Gasteiger partial charge in [-0.15, -0.1) is 24.8 Å². The van der Waals surface area contributed by atoms with Crippen molar-refractivity contribution in [3.63, 3.8) is 0 Å². The van der Waals surface area contributed by atoms with Crippen LogP contribution in [0.25, 0.3) is 0 Å². The molecule has 1 atom stereocenters. The van der Waals surface area contributed by atoms with Gasteiger partial charge >= 0.3 is 0 Å². The third-order valence-electron chi connectivity index (χ3n) is 3.68. The Morgan fingerprint density at radius 2 is 1.89 bits per heavy atom.